The summed E-state index contributed by atoms with van der Waals surface area (Å²) in [6.45, 7) is 0.391. The minimum Gasteiger partial charge on any atom is -0.270 e. The number of hydrogen-bond acceptors (Lipinski definition) is 3. The second-order valence-electron chi connectivity index (χ2n) is 6.53. The van der Waals surface area contributed by atoms with Crippen LogP contribution in [-0.4, -0.2) is 29.0 Å². The maximum Gasteiger partial charge on any atom is 0.261 e. The van der Waals surface area contributed by atoms with Gasteiger partial charge in [-0.25, -0.2) is 0 Å². The summed E-state index contributed by atoms with van der Waals surface area (Å²) in [6.07, 6.45) is 8.36. The lowest BCUT2D eigenvalue weighted by atomic mass is 10.00. The molecule has 1 aliphatic carbocycles. The number of carbonyl (C=O) groups is 2. The first-order valence-corrected chi connectivity index (χ1v) is 9.82. The Morgan fingerprint density at radius 3 is 2.84 bits per heavy atom. The Kier molecular flexibility index (Phi) is 4.57. The summed E-state index contributed by atoms with van der Waals surface area (Å²) in [6, 6.07) is 7.90. The first kappa shape index (κ1) is 16.7. The van der Waals surface area contributed by atoms with Gasteiger partial charge < -0.3 is 0 Å². The predicted molar refractivity (Wildman–Crippen MR) is 101 cm³/mol. The van der Waals surface area contributed by atoms with E-state index in [-0.39, 0.29) is 11.8 Å². The van der Waals surface area contributed by atoms with Crippen LogP contribution in [0.15, 0.2) is 58.5 Å². The number of carbonyl (C=O) groups excluding carboxylic acids is 2. The van der Waals surface area contributed by atoms with Gasteiger partial charge in [-0.2, -0.15) is 0 Å². The van der Waals surface area contributed by atoms with Crippen molar-refractivity contribution in [3.8, 4) is 0 Å². The number of hydrogen-bond donors (Lipinski definition) is 0. The van der Waals surface area contributed by atoms with Gasteiger partial charge in [0.15, 0.2) is 0 Å². The Labute approximate surface area is 156 Å². The van der Waals surface area contributed by atoms with Gasteiger partial charge in [-0.1, -0.05) is 48.0 Å². The fraction of sp³-hybridized carbons (Fsp3) is 0.300. The number of halogens is 1. The molecule has 0 bridgehead atoms. The lowest BCUT2D eigenvalue weighted by molar-refractivity contribution is -0.136. The Balaban J connectivity index is 1.44. The van der Waals surface area contributed by atoms with Crippen molar-refractivity contribution < 1.29 is 9.59 Å². The molecule has 0 saturated heterocycles. The fourth-order valence-electron chi connectivity index (χ4n) is 3.52. The number of amides is 2. The van der Waals surface area contributed by atoms with Crippen molar-refractivity contribution in [2.24, 2.45) is 5.92 Å². The van der Waals surface area contributed by atoms with E-state index in [0.29, 0.717) is 30.0 Å². The zero-order valence-electron chi connectivity index (χ0n) is 13.7. The lowest BCUT2D eigenvalue weighted by Gasteiger charge is -2.15. The Morgan fingerprint density at radius 2 is 2.04 bits per heavy atom. The molecule has 0 spiro atoms. The van der Waals surface area contributed by atoms with Crippen molar-refractivity contribution in [2.45, 2.75) is 19.3 Å². The third kappa shape index (κ3) is 3.21. The van der Waals surface area contributed by atoms with Gasteiger partial charge in [-0.05, 0) is 36.8 Å². The molecule has 3 aliphatic rings. The summed E-state index contributed by atoms with van der Waals surface area (Å²) in [5, 5.41) is 0.794. The SMILES string of the molecule is O=C1C2=C(CCC=C2)C(=O)N1CC1=CC(Cc2ccccc2Cl)CS1. The average Bonchev–Trinajstić information content (AvgIpc) is 3.16. The largest absolute Gasteiger partial charge is 0.270 e. The van der Waals surface area contributed by atoms with E-state index in [9.17, 15) is 9.59 Å². The van der Waals surface area contributed by atoms with Gasteiger partial charge in [0.05, 0.1) is 6.54 Å². The highest BCUT2D eigenvalue weighted by Gasteiger charge is 2.38. The highest BCUT2D eigenvalue weighted by molar-refractivity contribution is 8.03. The maximum atomic E-state index is 12.5. The minimum atomic E-state index is -0.146. The van der Waals surface area contributed by atoms with Gasteiger partial charge in [0.2, 0.25) is 0 Å². The van der Waals surface area contributed by atoms with E-state index in [0.717, 1.165) is 34.1 Å². The van der Waals surface area contributed by atoms with E-state index in [4.69, 9.17) is 11.6 Å². The predicted octanol–water partition coefficient (Wildman–Crippen LogP) is 4.14. The molecule has 128 valence electrons. The molecule has 1 aromatic carbocycles. The Morgan fingerprint density at radius 1 is 1.20 bits per heavy atom. The first-order valence-electron chi connectivity index (χ1n) is 8.46. The molecule has 1 aromatic rings. The fourth-order valence-corrected chi connectivity index (χ4v) is 4.89. The summed E-state index contributed by atoms with van der Waals surface area (Å²) in [4.78, 5) is 27.5. The molecule has 0 aromatic heterocycles. The zero-order valence-corrected chi connectivity index (χ0v) is 15.3. The molecule has 0 fully saturated rings. The van der Waals surface area contributed by atoms with Crippen LogP contribution in [0.1, 0.15) is 18.4 Å². The summed E-state index contributed by atoms with van der Waals surface area (Å²) < 4.78 is 0. The molecule has 0 radical (unpaired) electrons. The highest BCUT2D eigenvalue weighted by atomic mass is 35.5. The number of allylic oxidation sites excluding steroid dienone is 2. The topological polar surface area (TPSA) is 37.4 Å². The van der Waals surface area contributed by atoms with E-state index in [1.54, 1.807) is 17.8 Å². The second kappa shape index (κ2) is 6.85. The van der Waals surface area contributed by atoms with Gasteiger partial charge >= 0.3 is 0 Å². The average molecular weight is 372 g/mol. The van der Waals surface area contributed by atoms with Gasteiger partial charge in [0, 0.05) is 26.8 Å². The van der Waals surface area contributed by atoms with Crippen molar-refractivity contribution in [2.75, 3.05) is 12.3 Å². The monoisotopic (exact) mass is 371 g/mol. The smallest absolute Gasteiger partial charge is 0.261 e. The summed E-state index contributed by atoms with van der Waals surface area (Å²) in [5.41, 5.74) is 2.42. The van der Waals surface area contributed by atoms with Crippen LogP contribution in [-0.2, 0) is 16.0 Å². The molecule has 1 unspecified atom stereocenters. The number of rotatable bonds is 4. The number of benzene rings is 1. The molecular formula is C20H18ClNO2S. The minimum absolute atomic E-state index is 0.111. The van der Waals surface area contributed by atoms with Crippen LogP contribution in [0.5, 0.6) is 0 Å². The third-order valence-corrected chi connectivity index (χ3v) is 6.41. The Bertz CT molecular complexity index is 840. The molecular weight excluding hydrogens is 354 g/mol. The van der Waals surface area contributed by atoms with Crippen LogP contribution in [0.3, 0.4) is 0 Å². The van der Waals surface area contributed by atoms with E-state index < -0.39 is 0 Å². The van der Waals surface area contributed by atoms with Crippen LogP contribution >= 0.6 is 23.4 Å². The number of thioether (sulfide) groups is 1. The van der Waals surface area contributed by atoms with Crippen molar-refractivity contribution in [3.05, 3.63) is 69.1 Å². The van der Waals surface area contributed by atoms with Gasteiger partial charge in [-0.15, -0.1) is 11.8 Å². The molecule has 3 nitrogen and oxygen atoms in total. The van der Waals surface area contributed by atoms with E-state index in [1.165, 1.54) is 4.90 Å². The lowest BCUT2D eigenvalue weighted by Crippen LogP contribution is -2.32. The molecule has 2 heterocycles. The Hall–Kier alpha value is -1.78. The van der Waals surface area contributed by atoms with E-state index in [2.05, 4.69) is 12.1 Å². The maximum absolute atomic E-state index is 12.5. The van der Waals surface area contributed by atoms with E-state index >= 15 is 0 Å². The van der Waals surface area contributed by atoms with Crippen LogP contribution < -0.4 is 0 Å². The highest BCUT2D eigenvalue weighted by Crippen LogP contribution is 2.35. The third-order valence-electron chi connectivity index (χ3n) is 4.81. The number of nitrogens with zero attached hydrogens (tertiary/aromatic N) is 1. The molecule has 2 aliphatic heterocycles. The first-order chi connectivity index (χ1) is 12.1. The van der Waals surface area contributed by atoms with Gasteiger partial charge in [-0.3, -0.25) is 14.5 Å². The summed E-state index contributed by atoms with van der Waals surface area (Å²) >= 11 is 7.98. The van der Waals surface area contributed by atoms with Crippen LogP contribution in [0.2, 0.25) is 5.02 Å². The van der Waals surface area contributed by atoms with Crippen molar-refractivity contribution in [3.63, 3.8) is 0 Å². The molecule has 4 rings (SSSR count). The quantitative estimate of drug-likeness (QED) is 0.746. The van der Waals surface area contributed by atoms with Crippen LogP contribution in [0.25, 0.3) is 0 Å². The summed E-state index contributed by atoms with van der Waals surface area (Å²) in [5.74, 6) is 1.09. The van der Waals surface area contributed by atoms with Gasteiger partial charge in [0.1, 0.15) is 0 Å². The normalized spacial score (nSPS) is 22.7. The second-order valence-corrected chi connectivity index (χ2v) is 8.08. The van der Waals surface area contributed by atoms with Crippen LogP contribution in [0.4, 0.5) is 0 Å². The zero-order chi connectivity index (χ0) is 17.4. The van der Waals surface area contributed by atoms with Crippen molar-refractivity contribution >= 4 is 35.2 Å². The molecule has 0 saturated carbocycles. The molecule has 0 N–H and O–H groups in total. The molecule has 25 heavy (non-hydrogen) atoms. The van der Waals surface area contributed by atoms with Crippen LogP contribution in [0, 0.1) is 5.92 Å². The van der Waals surface area contributed by atoms with Crippen molar-refractivity contribution in [1.82, 2.24) is 4.90 Å². The molecule has 1 atom stereocenters. The summed E-state index contributed by atoms with van der Waals surface area (Å²) in [7, 11) is 0. The molecule has 2 amide bonds. The molecule has 5 heteroatoms. The standard InChI is InChI=1S/C20H18ClNO2S/c21-18-8-4-1-5-14(18)9-13-10-15(25-12-13)11-22-19(23)16-6-2-3-7-17(16)20(22)24/h1-2,4-6,8,10,13H,3,7,9,11-12H2. The van der Waals surface area contributed by atoms with E-state index in [1.807, 2.05) is 24.3 Å². The van der Waals surface area contributed by atoms with Crippen molar-refractivity contribution in [1.29, 1.82) is 0 Å². The van der Waals surface area contributed by atoms with Gasteiger partial charge in [0.25, 0.3) is 11.8 Å². The number of imide groups is 1.